The minimum absolute atomic E-state index is 0.199. The third-order valence-electron chi connectivity index (χ3n) is 10.7. The molecule has 11 rings (SSSR count). The van der Waals surface area contributed by atoms with E-state index in [1.54, 1.807) is 0 Å². The van der Waals surface area contributed by atoms with Crippen LogP contribution in [0.1, 0.15) is 18.0 Å². The molecule has 0 spiro atoms. The third kappa shape index (κ3) is 5.50. The number of hydrogen-bond acceptors (Lipinski definition) is 4. The molecule has 0 N–H and O–H groups in total. The van der Waals surface area contributed by atoms with Gasteiger partial charge in [0, 0.05) is 27.5 Å². The summed E-state index contributed by atoms with van der Waals surface area (Å²) < 4.78 is 48.4. The van der Waals surface area contributed by atoms with Gasteiger partial charge in [-0.25, -0.2) is 15.0 Å². The van der Waals surface area contributed by atoms with Crippen molar-refractivity contribution in [3.05, 3.63) is 199 Å². The van der Waals surface area contributed by atoms with Crippen LogP contribution in [0.15, 0.2) is 192 Å². The lowest BCUT2D eigenvalue weighted by molar-refractivity contribution is 0.669. The highest BCUT2D eigenvalue weighted by Gasteiger charge is 2.24. The third-order valence-corrected chi connectivity index (χ3v) is 10.7. The number of hydrogen-bond donors (Lipinski definition) is 0. The van der Waals surface area contributed by atoms with Crippen molar-refractivity contribution >= 4 is 21.9 Å². The summed E-state index contributed by atoms with van der Waals surface area (Å²) in [6.07, 6.45) is 0.554. The zero-order valence-electron chi connectivity index (χ0n) is 35.0. The van der Waals surface area contributed by atoms with E-state index in [1.807, 2.05) is 97.1 Å². The minimum Gasteiger partial charge on any atom is -0.456 e. The van der Waals surface area contributed by atoms with Crippen LogP contribution in [0.2, 0.25) is 0 Å². The van der Waals surface area contributed by atoms with Gasteiger partial charge in [0.05, 0.1) is 6.85 Å². The number of nitrogens with zero attached hydrogens (tertiary/aromatic N) is 3. The fraction of sp³-hybridized carbons (Fsp3) is 0.0192. The largest absolute Gasteiger partial charge is 0.456 e. The normalized spacial score (nSPS) is 13.1. The zero-order valence-corrected chi connectivity index (χ0v) is 30.0. The molecular formula is C52H33N3O. The average molecular weight is 721 g/mol. The van der Waals surface area contributed by atoms with Crippen LogP contribution in [0.25, 0.3) is 101 Å². The highest BCUT2D eigenvalue weighted by molar-refractivity contribution is 6.05. The Balaban J connectivity index is 0.992. The van der Waals surface area contributed by atoms with Crippen LogP contribution in [-0.4, -0.2) is 15.0 Å². The van der Waals surface area contributed by atoms with E-state index in [4.69, 9.17) is 26.2 Å². The maximum Gasteiger partial charge on any atom is 0.164 e. The summed E-state index contributed by atoms with van der Waals surface area (Å²) in [5.74, 6) is 1.63. The van der Waals surface area contributed by atoms with Crippen molar-refractivity contribution in [2.75, 3.05) is 0 Å². The summed E-state index contributed by atoms with van der Waals surface area (Å²) in [6.45, 7) is 0. The summed E-state index contributed by atoms with van der Waals surface area (Å²) in [4.78, 5) is 15.2. The molecule has 0 saturated carbocycles. The van der Waals surface area contributed by atoms with E-state index in [0.717, 1.165) is 83.1 Å². The Kier molecular flexibility index (Phi) is 6.39. The van der Waals surface area contributed by atoms with Crippen LogP contribution < -0.4 is 0 Å². The minimum atomic E-state index is -0.397. The molecule has 1 aliphatic rings. The zero-order chi connectivity index (χ0) is 41.4. The average Bonchev–Trinajstić information content (AvgIpc) is 3.89. The summed E-state index contributed by atoms with van der Waals surface area (Å²) in [6, 6.07) is 51.5. The number of aromatic nitrogens is 3. The Hall–Kier alpha value is -7.43. The Labute approximate surface area is 331 Å². The first-order valence-corrected chi connectivity index (χ1v) is 18.6. The summed E-state index contributed by atoms with van der Waals surface area (Å²) in [5.41, 5.74) is 13.3. The van der Waals surface area contributed by atoms with Crippen LogP contribution in [0.4, 0.5) is 0 Å². The van der Waals surface area contributed by atoms with E-state index < -0.39 is 6.04 Å². The van der Waals surface area contributed by atoms with E-state index in [0.29, 0.717) is 29.5 Å². The summed E-state index contributed by atoms with van der Waals surface area (Å²) in [5, 5.41) is 2.09. The number of para-hydroxylation sites is 1. The summed E-state index contributed by atoms with van der Waals surface area (Å²) >= 11 is 0. The molecule has 1 aliphatic carbocycles. The Morgan fingerprint density at radius 3 is 1.66 bits per heavy atom. The number of benzene rings is 8. The van der Waals surface area contributed by atoms with E-state index in [1.165, 1.54) is 0 Å². The van der Waals surface area contributed by atoms with Gasteiger partial charge in [0.15, 0.2) is 17.5 Å². The smallest absolute Gasteiger partial charge is 0.164 e. The standard InChI is InChI=1S/C52H33N3O/c1-3-12-33(13-4-1)37-16-9-17-38(30-37)51-53-50(54-52(55-51)39-28-29-45-44-18-7-8-23-48(44)56-49(45)31-39)36-26-24-35(25-27-36)41-20-11-22-43-42-21-10-19-40(46(42)32-47(41)43)34-14-5-2-6-15-34/h1-31H,32H2/i2D,5D,6D,14D,15D. The Morgan fingerprint density at radius 2 is 0.911 bits per heavy atom. The Bertz CT molecular complexity index is 3370. The molecule has 0 saturated heterocycles. The molecule has 56 heavy (non-hydrogen) atoms. The molecule has 10 aromatic rings. The second kappa shape index (κ2) is 13.2. The van der Waals surface area contributed by atoms with Gasteiger partial charge in [0.2, 0.25) is 0 Å². The molecule has 0 atom stereocenters. The van der Waals surface area contributed by atoms with Crippen molar-refractivity contribution in [3.63, 3.8) is 0 Å². The molecule has 0 unspecified atom stereocenters. The molecule has 262 valence electrons. The first-order chi connectivity index (χ1) is 29.8. The molecule has 0 amide bonds. The second-order valence-corrected chi connectivity index (χ2v) is 14.0. The monoisotopic (exact) mass is 720 g/mol. The van der Waals surface area contributed by atoms with Crippen molar-refractivity contribution < 1.29 is 11.3 Å². The molecule has 2 aromatic heterocycles. The van der Waals surface area contributed by atoms with Gasteiger partial charge in [-0.3, -0.25) is 0 Å². The second-order valence-electron chi connectivity index (χ2n) is 14.0. The highest BCUT2D eigenvalue weighted by atomic mass is 16.3. The van der Waals surface area contributed by atoms with Gasteiger partial charge >= 0.3 is 0 Å². The van der Waals surface area contributed by atoms with Gasteiger partial charge < -0.3 is 4.42 Å². The summed E-state index contributed by atoms with van der Waals surface area (Å²) in [7, 11) is 0. The lowest BCUT2D eigenvalue weighted by Crippen LogP contribution is -2.00. The van der Waals surface area contributed by atoms with Gasteiger partial charge in [-0.05, 0) is 86.3 Å². The van der Waals surface area contributed by atoms with Crippen LogP contribution in [0, 0.1) is 0 Å². The molecule has 8 aromatic carbocycles. The molecule has 4 heteroatoms. The SMILES string of the molecule is [2H]c1c([2H])c([2H])c(-c2cccc3c2Cc2c(-c4ccc(-c5nc(-c6cccc(-c7ccccc7)c6)nc(-c6ccc7c(c6)oc6ccccc67)n5)cc4)cccc2-3)c([2H])c1[2H]. The predicted octanol–water partition coefficient (Wildman–Crippen LogP) is 13.3. The number of furan rings is 1. The lowest BCUT2D eigenvalue weighted by Gasteiger charge is -2.11. The molecule has 2 heterocycles. The van der Waals surface area contributed by atoms with Crippen molar-refractivity contribution in [1.29, 1.82) is 0 Å². The highest BCUT2D eigenvalue weighted by Crippen LogP contribution is 2.45. The first kappa shape index (κ1) is 27.2. The van der Waals surface area contributed by atoms with Gasteiger partial charge in [0.1, 0.15) is 11.2 Å². The van der Waals surface area contributed by atoms with Gasteiger partial charge in [-0.2, -0.15) is 0 Å². The maximum absolute atomic E-state index is 8.70. The molecule has 0 aliphatic heterocycles. The van der Waals surface area contributed by atoms with Crippen LogP contribution in [-0.2, 0) is 6.42 Å². The van der Waals surface area contributed by atoms with Gasteiger partial charge in [-0.15, -0.1) is 0 Å². The van der Waals surface area contributed by atoms with E-state index >= 15 is 0 Å². The lowest BCUT2D eigenvalue weighted by atomic mass is 9.95. The number of rotatable bonds is 6. The van der Waals surface area contributed by atoms with Crippen molar-refractivity contribution in [1.82, 2.24) is 15.0 Å². The fourth-order valence-corrected chi connectivity index (χ4v) is 8.02. The van der Waals surface area contributed by atoms with E-state index in [2.05, 4.69) is 60.7 Å². The number of fused-ring (bicyclic) bond motifs is 6. The Morgan fingerprint density at radius 1 is 0.375 bits per heavy atom. The predicted molar refractivity (Wildman–Crippen MR) is 228 cm³/mol. The van der Waals surface area contributed by atoms with Gasteiger partial charge in [0.25, 0.3) is 0 Å². The van der Waals surface area contributed by atoms with Crippen LogP contribution in [0.3, 0.4) is 0 Å². The molecule has 0 radical (unpaired) electrons. The quantitative estimate of drug-likeness (QED) is 0.172. The van der Waals surface area contributed by atoms with Gasteiger partial charge in [-0.1, -0.05) is 164 Å². The molecular weight excluding hydrogens is 683 g/mol. The fourth-order valence-electron chi connectivity index (χ4n) is 8.02. The van der Waals surface area contributed by atoms with Crippen molar-refractivity contribution in [3.8, 4) is 78.7 Å². The first-order valence-electron chi connectivity index (χ1n) is 21.1. The maximum atomic E-state index is 8.70. The van der Waals surface area contributed by atoms with Crippen LogP contribution in [0.5, 0.6) is 0 Å². The molecule has 0 bridgehead atoms. The molecule has 4 nitrogen and oxygen atoms in total. The van der Waals surface area contributed by atoms with Crippen LogP contribution >= 0.6 is 0 Å². The van der Waals surface area contributed by atoms with Crippen molar-refractivity contribution in [2.24, 2.45) is 0 Å². The van der Waals surface area contributed by atoms with E-state index in [9.17, 15) is 0 Å². The molecule has 0 fully saturated rings. The topological polar surface area (TPSA) is 51.8 Å². The van der Waals surface area contributed by atoms with E-state index in [-0.39, 0.29) is 29.7 Å². The van der Waals surface area contributed by atoms with Crippen molar-refractivity contribution in [2.45, 2.75) is 6.42 Å².